The number of ether oxygens (including phenoxy) is 1. The van der Waals surface area contributed by atoms with Crippen LogP contribution in [0.25, 0.3) is 0 Å². The van der Waals surface area contributed by atoms with Crippen molar-refractivity contribution in [1.29, 1.82) is 0 Å². The molecule has 0 atom stereocenters. The van der Waals surface area contributed by atoms with Gasteiger partial charge in [-0.1, -0.05) is 35.3 Å². The molecular weight excluding hydrogens is 355 g/mol. The molecule has 0 aliphatic rings. The molecule has 0 unspecified atom stereocenters. The Morgan fingerprint density at radius 2 is 1.87 bits per heavy atom. The van der Waals surface area contributed by atoms with Crippen molar-refractivity contribution in [2.75, 3.05) is 12.4 Å². The van der Waals surface area contributed by atoms with E-state index in [1.54, 1.807) is 42.5 Å². The highest BCUT2D eigenvalue weighted by atomic mass is 35.5. The second kappa shape index (κ2) is 8.15. The number of nitrogens with one attached hydrogen (secondary N) is 2. The number of halogens is 2. The van der Waals surface area contributed by atoms with Crippen LogP contribution in [0.3, 0.4) is 0 Å². The summed E-state index contributed by atoms with van der Waals surface area (Å²) in [5, 5.41) is 6.79. The molecule has 2 aromatic carbocycles. The molecule has 23 heavy (non-hydrogen) atoms. The molecule has 2 rings (SSSR count). The number of hydrogen-bond donors (Lipinski definition) is 2. The smallest absolute Gasteiger partial charge is 0.230 e. The average Bonchev–Trinajstić information content (AvgIpc) is 2.49. The molecule has 120 valence electrons. The van der Waals surface area contributed by atoms with Crippen LogP contribution in [0.4, 0.5) is 5.69 Å². The topological polar surface area (TPSA) is 50.4 Å². The zero-order valence-corrected chi connectivity index (χ0v) is 14.6. The summed E-state index contributed by atoms with van der Waals surface area (Å²) in [4.78, 5) is 11.9. The van der Waals surface area contributed by atoms with E-state index in [2.05, 4.69) is 10.6 Å². The highest BCUT2D eigenvalue weighted by Crippen LogP contribution is 2.27. The fourth-order valence-electron chi connectivity index (χ4n) is 1.86. The fourth-order valence-corrected chi connectivity index (χ4v) is 2.48. The van der Waals surface area contributed by atoms with Crippen molar-refractivity contribution in [2.24, 2.45) is 0 Å². The molecule has 0 aliphatic carbocycles. The molecule has 0 radical (unpaired) electrons. The molecule has 0 heterocycles. The molecule has 2 N–H and O–H groups in total. The van der Waals surface area contributed by atoms with Crippen LogP contribution >= 0.6 is 35.4 Å². The van der Waals surface area contributed by atoms with Gasteiger partial charge < -0.3 is 15.4 Å². The lowest BCUT2D eigenvalue weighted by Crippen LogP contribution is -2.35. The molecule has 0 saturated carbocycles. The third kappa shape index (κ3) is 5.39. The van der Waals surface area contributed by atoms with E-state index in [1.165, 1.54) is 7.11 Å². The van der Waals surface area contributed by atoms with Gasteiger partial charge in [-0.25, -0.2) is 0 Å². The normalized spacial score (nSPS) is 10.0. The predicted molar refractivity (Wildman–Crippen MR) is 97.5 cm³/mol. The van der Waals surface area contributed by atoms with Gasteiger partial charge in [-0.2, -0.15) is 0 Å². The molecule has 0 saturated heterocycles. The highest BCUT2D eigenvalue weighted by Gasteiger charge is 2.08. The van der Waals surface area contributed by atoms with E-state index in [0.29, 0.717) is 21.5 Å². The molecule has 0 bridgehead atoms. The van der Waals surface area contributed by atoms with E-state index in [4.69, 9.17) is 40.2 Å². The Hall–Kier alpha value is -1.82. The molecule has 0 aliphatic heterocycles. The lowest BCUT2D eigenvalue weighted by molar-refractivity contribution is -0.119. The summed E-state index contributed by atoms with van der Waals surface area (Å²) in [6, 6.07) is 12.2. The number of methoxy groups -OCH3 is 1. The van der Waals surface area contributed by atoms with Gasteiger partial charge in [0, 0.05) is 10.7 Å². The summed E-state index contributed by atoms with van der Waals surface area (Å²) >= 11 is 17.0. The maximum Gasteiger partial charge on any atom is 0.230 e. The van der Waals surface area contributed by atoms with Gasteiger partial charge in [-0.05, 0) is 48.1 Å². The molecule has 1 amide bonds. The molecular formula is C16H14Cl2N2O2S. The summed E-state index contributed by atoms with van der Waals surface area (Å²) in [5.74, 6) is 0.347. The molecule has 2 aromatic rings. The van der Waals surface area contributed by atoms with E-state index < -0.39 is 0 Å². The summed E-state index contributed by atoms with van der Waals surface area (Å²) < 4.78 is 5.07. The average molecular weight is 369 g/mol. The summed E-state index contributed by atoms with van der Waals surface area (Å²) in [6.45, 7) is 0. The van der Waals surface area contributed by atoms with E-state index in [-0.39, 0.29) is 17.4 Å². The molecule has 4 nitrogen and oxygen atoms in total. The van der Waals surface area contributed by atoms with Crippen LogP contribution in [0.15, 0.2) is 42.5 Å². The lowest BCUT2D eigenvalue weighted by Gasteiger charge is -2.11. The highest BCUT2D eigenvalue weighted by molar-refractivity contribution is 7.80. The van der Waals surface area contributed by atoms with Crippen LogP contribution in [0.2, 0.25) is 10.0 Å². The first-order valence-corrected chi connectivity index (χ1v) is 7.83. The van der Waals surface area contributed by atoms with Crippen LogP contribution in [0.5, 0.6) is 5.75 Å². The number of carbonyl (C=O) groups is 1. The van der Waals surface area contributed by atoms with Crippen molar-refractivity contribution in [3.8, 4) is 5.75 Å². The largest absolute Gasteiger partial charge is 0.495 e. The van der Waals surface area contributed by atoms with Gasteiger partial charge in [0.1, 0.15) is 5.75 Å². The van der Waals surface area contributed by atoms with Gasteiger partial charge in [0.05, 0.1) is 18.6 Å². The predicted octanol–water partition coefficient (Wildman–Crippen LogP) is 4.06. The number of rotatable bonds is 4. The standard InChI is InChI=1S/C16H14Cl2N2O2S/c1-22-14-7-6-12(9-13(14)18)19-16(23)20-15(21)8-10-2-4-11(17)5-3-10/h2-7,9H,8H2,1H3,(H2,19,20,21,23). The minimum atomic E-state index is -0.218. The minimum absolute atomic E-state index is 0.199. The van der Waals surface area contributed by atoms with Crippen molar-refractivity contribution in [2.45, 2.75) is 6.42 Å². The molecule has 0 aromatic heterocycles. The van der Waals surface area contributed by atoms with E-state index in [1.807, 2.05) is 0 Å². The van der Waals surface area contributed by atoms with Gasteiger partial charge in [0.15, 0.2) is 5.11 Å². The van der Waals surface area contributed by atoms with E-state index >= 15 is 0 Å². The number of amides is 1. The zero-order valence-electron chi connectivity index (χ0n) is 12.2. The van der Waals surface area contributed by atoms with E-state index in [9.17, 15) is 4.79 Å². The van der Waals surface area contributed by atoms with Crippen LogP contribution in [-0.4, -0.2) is 18.1 Å². The quantitative estimate of drug-likeness (QED) is 0.799. The van der Waals surface area contributed by atoms with Crippen molar-refractivity contribution in [3.05, 3.63) is 58.1 Å². The van der Waals surface area contributed by atoms with Crippen LogP contribution in [0.1, 0.15) is 5.56 Å². The Morgan fingerprint density at radius 3 is 2.48 bits per heavy atom. The Kier molecular flexibility index (Phi) is 6.21. The van der Waals surface area contributed by atoms with Crippen molar-refractivity contribution in [3.63, 3.8) is 0 Å². The van der Waals surface area contributed by atoms with Gasteiger partial charge in [-0.3, -0.25) is 4.79 Å². The Bertz CT molecular complexity index is 721. The molecule has 0 fully saturated rings. The summed E-state index contributed by atoms with van der Waals surface area (Å²) in [7, 11) is 1.54. The first-order chi connectivity index (χ1) is 11.0. The maximum absolute atomic E-state index is 11.9. The minimum Gasteiger partial charge on any atom is -0.495 e. The second-order valence-corrected chi connectivity index (χ2v) is 5.91. The third-order valence-corrected chi connectivity index (χ3v) is 3.69. The molecule has 0 spiro atoms. The van der Waals surface area contributed by atoms with Gasteiger partial charge in [0.2, 0.25) is 5.91 Å². The van der Waals surface area contributed by atoms with Crippen LogP contribution in [-0.2, 0) is 11.2 Å². The summed E-state index contributed by atoms with van der Waals surface area (Å²) in [6.07, 6.45) is 0.211. The van der Waals surface area contributed by atoms with Crippen molar-refractivity contribution < 1.29 is 9.53 Å². The summed E-state index contributed by atoms with van der Waals surface area (Å²) in [5.41, 5.74) is 1.51. The number of benzene rings is 2. The van der Waals surface area contributed by atoms with Crippen molar-refractivity contribution in [1.82, 2.24) is 5.32 Å². The Balaban J connectivity index is 1.90. The van der Waals surface area contributed by atoms with Crippen LogP contribution < -0.4 is 15.4 Å². The van der Waals surface area contributed by atoms with E-state index in [0.717, 1.165) is 5.56 Å². The lowest BCUT2D eigenvalue weighted by atomic mass is 10.1. The number of hydrogen-bond acceptors (Lipinski definition) is 3. The van der Waals surface area contributed by atoms with Gasteiger partial charge >= 0.3 is 0 Å². The van der Waals surface area contributed by atoms with Crippen LogP contribution in [0, 0.1) is 0 Å². The monoisotopic (exact) mass is 368 g/mol. The Morgan fingerprint density at radius 1 is 1.17 bits per heavy atom. The Labute approximate surface area is 149 Å². The van der Waals surface area contributed by atoms with Gasteiger partial charge in [0.25, 0.3) is 0 Å². The fraction of sp³-hybridized carbons (Fsp3) is 0.125. The number of thiocarbonyl (C=S) groups is 1. The SMILES string of the molecule is COc1ccc(NC(=S)NC(=O)Cc2ccc(Cl)cc2)cc1Cl. The molecule has 7 heteroatoms. The third-order valence-electron chi connectivity index (χ3n) is 2.94. The first kappa shape index (κ1) is 17.5. The van der Waals surface area contributed by atoms with Gasteiger partial charge in [-0.15, -0.1) is 0 Å². The number of anilines is 1. The first-order valence-electron chi connectivity index (χ1n) is 6.67. The zero-order chi connectivity index (χ0) is 16.8. The van der Waals surface area contributed by atoms with Crippen molar-refractivity contribution >= 4 is 52.1 Å². The maximum atomic E-state index is 11.9. The second-order valence-electron chi connectivity index (χ2n) is 4.65. The number of carbonyl (C=O) groups excluding carboxylic acids is 1.